The number of imide groups is 1. The van der Waals surface area contributed by atoms with Gasteiger partial charge in [-0.05, 0) is 42.9 Å². The van der Waals surface area contributed by atoms with Crippen LogP contribution in [-0.2, 0) is 31.9 Å². The summed E-state index contributed by atoms with van der Waals surface area (Å²) in [5.41, 5.74) is 1.72. The van der Waals surface area contributed by atoms with Crippen LogP contribution < -0.4 is 9.80 Å². The smallest absolute Gasteiger partial charge is 0.311 e. The second-order valence-corrected chi connectivity index (χ2v) is 15.6. The first-order valence-corrected chi connectivity index (χ1v) is 20.6. The molecule has 12 nitrogen and oxygen atoms in total. The number of benzene rings is 2. The van der Waals surface area contributed by atoms with Gasteiger partial charge in [0.15, 0.2) is 16.5 Å². The number of unbranched alkanes of at least 4 members (excludes halogenated alkanes) is 2. The number of hydrogen-bond donors (Lipinski definition) is 1. The third-order valence-electron chi connectivity index (χ3n) is 10.2. The fourth-order valence-corrected chi connectivity index (χ4v) is 8.60. The monoisotopic (exact) mass is 774 g/mol. The molecule has 0 bridgehead atoms. The minimum atomic E-state index is -1.46. The number of anilines is 2. The fraction of sp³-hybridized carbons (Fsp3) is 0.475. The van der Waals surface area contributed by atoms with Gasteiger partial charge in [-0.25, -0.2) is 14.9 Å². The van der Waals surface area contributed by atoms with Crippen LogP contribution in [0.1, 0.15) is 133 Å². The van der Waals surface area contributed by atoms with Gasteiger partial charge in [0.1, 0.15) is 0 Å². The molecule has 0 saturated carbocycles. The lowest BCUT2D eigenvalue weighted by atomic mass is 9.86. The van der Waals surface area contributed by atoms with Crippen LogP contribution in [0.15, 0.2) is 35.0 Å². The van der Waals surface area contributed by atoms with Crippen molar-refractivity contribution in [3.8, 4) is 0 Å². The molecule has 1 N–H and O–H groups in total. The van der Waals surface area contributed by atoms with E-state index in [0.29, 0.717) is 47.4 Å². The highest BCUT2D eigenvalue weighted by atomic mass is 32.1. The standard InChI is InChI=1S/C40H46N4O8S2/c1-5-9-11-23(7-3)19-51-31(45)17-25-21-53-39(41-25)43-35(47)27-13-15-29-34-30(16-14-28(33(27)34)36(43)48)38(50)44(37(29)49)40-42-26(22-54-40)18-32(46)52-20-24(8-4)12-10-6-2/h13-16,21-24,35,47H,5-12,17-20H2,1-4H3. The van der Waals surface area contributed by atoms with Crippen LogP contribution in [0.4, 0.5) is 10.3 Å². The van der Waals surface area contributed by atoms with Crippen molar-refractivity contribution in [1.29, 1.82) is 0 Å². The lowest BCUT2D eigenvalue weighted by molar-refractivity contribution is -0.145. The number of rotatable bonds is 18. The lowest BCUT2D eigenvalue weighted by Crippen LogP contribution is -2.42. The molecule has 0 saturated heterocycles. The van der Waals surface area contributed by atoms with Crippen LogP contribution in [0.2, 0.25) is 0 Å². The zero-order chi connectivity index (χ0) is 38.5. The van der Waals surface area contributed by atoms with E-state index in [1.54, 1.807) is 16.8 Å². The van der Waals surface area contributed by atoms with E-state index in [2.05, 4.69) is 37.7 Å². The van der Waals surface area contributed by atoms with Crippen LogP contribution in [0.25, 0.3) is 10.8 Å². The quantitative estimate of drug-likeness (QED) is 0.0782. The van der Waals surface area contributed by atoms with Gasteiger partial charge >= 0.3 is 11.9 Å². The SMILES string of the molecule is CCCCC(CC)COC(=O)Cc1csc(N2C(=O)c3ccc4c5c(ccc(c35)C2=O)C(O)N(c2nc(CC(=O)OCC(CC)CCCC)cs2)C4=O)n1. The van der Waals surface area contributed by atoms with Gasteiger partial charge in [0.25, 0.3) is 17.7 Å². The first kappa shape index (κ1) is 39.2. The van der Waals surface area contributed by atoms with Gasteiger partial charge < -0.3 is 14.6 Å². The molecule has 0 fully saturated rings. The highest BCUT2D eigenvalue weighted by Gasteiger charge is 2.42. The highest BCUT2D eigenvalue weighted by Crippen LogP contribution is 2.44. The number of esters is 2. The number of carbonyl (C=O) groups excluding carboxylic acids is 5. The summed E-state index contributed by atoms with van der Waals surface area (Å²) in [6, 6.07) is 6.12. The predicted molar refractivity (Wildman–Crippen MR) is 207 cm³/mol. The molecule has 2 aliphatic rings. The largest absolute Gasteiger partial charge is 0.465 e. The second-order valence-electron chi connectivity index (χ2n) is 13.9. The van der Waals surface area contributed by atoms with Crippen molar-refractivity contribution in [3.05, 3.63) is 68.7 Å². The number of thiazole rings is 2. The fourth-order valence-electron chi connectivity index (χ4n) is 6.93. The Morgan fingerprint density at radius 3 is 1.72 bits per heavy atom. The van der Waals surface area contributed by atoms with Crippen molar-refractivity contribution in [2.75, 3.05) is 23.0 Å². The minimum Gasteiger partial charge on any atom is -0.465 e. The molecular formula is C40H46N4O8S2. The molecule has 0 aliphatic carbocycles. The van der Waals surface area contributed by atoms with Gasteiger partial charge in [0.2, 0.25) is 0 Å². The Morgan fingerprint density at radius 1 is 0.722 bits per heavy atom. The maximum Gasteiger partial charge on any atom is 0.311 e. The molecule has 2 aromatic heterocycles. The summed E-state index contributed by atoms with van der Waals surface area (Å²) in [4.78, 5) is 78.2. The third kappa shape index (κ3) is 7.96. The molecule has 2 aromatic carbocycles. The van der Waals surface area contributed by atoms with Crippen molar-refractivity contribution in [2.24, 2.45) is 11.8 Å². The summed E-state index contributed by atoms with van der Waals surface area (Å²) >= 11 is 2.19. The summed E-state index contributed by atoms with van der Waals surface area (Å²) in [5.74, 6) is -2.04. The third-order valence-corrected chi connectivity index (χ3v) is 12.0. The Labute approximate surface area is 322 Å². The number of carbonyl (C=O) groups is 5. The molecule has 3 amide bonds. The Bertz CT molecular complexity index is 2040. The molecule has 54 heavy (non-hydrogen) atoms. The van der Waals surface area contributed by atoms with Crippen molar-refractivity contribution < 1.29 is 38.6 Å². The Kier molecular flexibility index (Phi) is 12.5. The Hall–Kier alpha value is -4.53. The first-order chi connectivity index (χ1) is 26.1. The van der Waals surface area contributed by atoms with E-state index in [9.17, 15) is 29.1 Å². The molecule has 3 unspecified atom stereocenters. The molecule has 286 valence electrons. The van der Waals surface area contributed by atoms with E-state index in [0.717, 1.165) is 83.8 Å². The van der Waals surface area contributed by atoms with E-state index in [-0.39, 0.29) is 45.2 Å². The molecule has 14 heteroatoms. The van der Waals surface area contributed by atoms with Crippen molar-refractivity contribution in [2.45, 2.75) is 98.1 Å². The molecule has 0 radical (unpaired) electrons. The number of nitrogens with zero attached hydrogens (tertiary/aromatic N) is 4. The molecule has 0 spiro atoms. The molecule has 4 heterocycles. The number of aromatic nitrogens is 2. The molecule has 2 aliphatic heterocycles. The average molecular weight is 775 g/mol. The predicted octanol–water partition coefficient (Wildman–Crippen LogP) is 7.81. The molecule has 6 rings (SSSR count). The zero-order valence-electron chi connectivity index (χ0n) is 31.1. The normalized spacial score (nSPS) is 16.2. The molecule has 3 atom stereocenters. The molecular weight excluding hydrogens is 729 g/mol. The summed E-state index contributed by atoms with van der Waals surface area (Å²) in [6.45, 7) is 9.10. The summed E-state index contributed by atoms with van der Waals surface area (Å²) < 4.78 is 11.1. The van der Waals surface area contributed by atoms with Gasteiger partial charge in [0.05, 0.1) is 37.4 Å². The molecule has 4 aromatic rings. The van der Waals surface area contributed by atoms with E-state index >= 15 is 0 Å². The van der Waals surface area contributed by atoms with Crippen molar-refractivity contribution in [3.63, 3.8) is 0 Å². The van der Waals surface area contributed by atoms with Gasteiger partial charge in [-0.15, -0.1) is 22.7 Å². The topological polar surface area (TPSA) is 156 Å². The average Bonchev–Trinajstić information content (AvgIpc) is 3.82. The summed E-state index contributed by atoms with van der Waals surface area (Å²) in [5, 5.41) is 15.8. The van der Waals surface area contributed by atoms with E-state index in [1.165, 1.54) is 18.2 Å². The number of amides is 3. The zero-order valence-corrected chi connectivity index (χ0v) is 32.7. The Balaban J connectivity index is 1.17. The minimum absolute atomic E-state index is 0.0678. The van der Waals surface area contributed by atoms with Crippen LogP contribution in [0, 0.1) is 11.8 Å². The van der Waals surface area contributed by atoms with Crippen LogP contribution in [0.5, 0.6) is 0 Å². The maximum absolute atomic E-state index is 14.0. The van der Waals surface area contributed by atoms with Gasteiger partial charge in [-0.2, -0.15) is 0 Å². The second kappa shape index (κ2) is 17.3. The summed E-state index contributed by atoms with van der Waals surface area (Å²) in [6.07, 6.45) is 6.53. The van der Waals surface area contributed by atoms with E-state index in [1.807, 2.05) is 0 Å². The Morgan fingerprint density at radius 2 is 1.20 bits per heavy atom. The van der Waals surface area contributed by atoms with E-state index < -0.39 is 35.9 Å². The number of ether oxygens (including phenoxy) is 2. The number of hydrogen-bond acceptors (Lipinski definition) is 12. The van der Waals surface area contributed by atoms with Crippen LogP contribution in [-0.4, -0.2) is 57.9 Å². The van der Waals surface area contributed by atoms with Gasteiger partial charge in [0, 0.05) is 43.8 Å². The van der Waals surface area contributed by atoms with Crippen molar-refractivity contribution >= 4 is 73.4 Å². The highest BCUT2D eigenvalue weighted by molar-refractivity contribution is 7.14. The van der Waals surface area contributed by atoms with E-state index in [4.69, 9.17) is 9.47 Å². The van der Waals surface area contributed by atoms with Crippen molar-refractivity contribution in [1.82, 2.24) is 9.97 Å². The van der Waals surface area contributed by atoms with Crippen LogP contribution >= 0.6 is 22.7 Å². The van der Waals surface area contributed by atoms with Gasteiger partial charge in [-0.3, -0.25) is 28.9 Å². The summed E-state index contributed by atoms with van der Waals surface area (Å²) in [7, 11) is 0. The van der Waals surface area contributed by atoms with Gasteiger partial charge in [-0.1, -0.05) is 72.3 Å². The first-order valence-electron chi connectivity index (χ1n) is 18.8. The van der Waals surface area contributed by atoms with Crippen LogP contribution in [0.3, 0.4) is 0 Å². The maximum atomic E-state index is 14.0. The number of aliphatic hydroxyl groups is 1. The number of aliphatic hydroxyl groups excluding tert-OH is 1. The lowest BCUT2D eigenvalue weighted by Gasteiger charge is -2.34.